The Kier molecular flexibility index (Phi) is 5.53. The van der Waals surface area contributed by atoms with E-state index in [0.717, 1.165) is 0 Å². The van der Waals surface area contributed by atoms with Crippen LogP contribution in [-0.2, 0) is 10.8 Å². The van der Waals surface area contributed by atoms with Gasteiger partial charge in [-0.1, -0.05) is 0 Å². The van der Waals surface area contributed by atoms with Crippen molar-refractivity contribution in [3.8, 4) is 0 Å². The SMILES string of the molecule is CC(CCS(C)=O)NC(=O)c1cc(F)c(F)c(F)c1. The Hall–Kier alpha value is -1.37. The van der Waals surface area contributed by atoms with E-state index in [1.165, 1.54) is 0 Å². The summed E-state index contributed by atoms with van der Waals surface area (Å²) in [5, 5.41) is 2.50. The first-order valence-corrected chi connectivity index (χ1v) is 7.29. The number of benzene rings is 1. The molecule has 1 N–H and O–H groups in total. The summed E-state index contributed by atoms with van der Waals surface area (Å²) >= 11 is 0. The Bertz CT molecular complexity index is 485. The van der Waals surface area contributed by atoms with Gasteiger partial charge in [-0.2, -0.15) is 0 Å². The van der Waals surface area contributed by atoms with Crippen molar-refractivity contribution in [2.24, 2.45) is 0 Å². The normalized spacial score (nSPS) is 13.9. The first-order chi connectivity index (χ1) is 8.81. The van der Waals surface area contributed by atoms with E-state index in [0.29, 0.717) is 24.3 Å². The van der Waals surface area contributed by atoms with Gasteiger partial charge >= 0.3 is 0 Å². The minimum absolute atomic E-state index is 0.291. The topological polar surface area (TPSA) is 46.2 Å². The second-order valence-electron chi connectivity index (χ2n) is 4.19. The third-order valence-corrected chi connectivity index (χ3v) is 3.27. The van der Waals surface area contributed by atoms with E-state index >= 15 is 0 Å². The molecule has 1 aromatic carbocycles. The highest BCUT2D eigenvalue weighted by Gasteiger charge is 2.16. The van der Waals surface area contributed by atoms with E-state index in [9.17, 15) is 22.2 Å². The second-order valence-corrected chi connectivity index (χ2v) is 5.75. The van der Waals surface area contributed by atoms with Crippen LogP contribution in [0.5, 0.6) is 0 Å². The minimum atomic E-state index is -1.61. The zero-order chi connectivity index (χ0) is 14.6. The molecule has 106 valence electrons. The maximum Gasteiger partial charge on any atom is 0.251 e. The van der Waals surface area contributed by atoms with E-state index in [-0.39, 0.29) is 11.6 Å². The number of nitrogens with one attached hydrogen (secondary N) is 1. The van der Waals surface area contributed by atoms with Gasteiger partial charge < -0.3 is 5.32 Å². The molecule has 0 aliphatic rings. The number of hydrogen-bond donors (Lipinski definition) is 1. The Labute approximate surface area is 111 Å². The molecule has 3 nitrogen and oxygen atoms in total. The minimum Gasteiger partial charge on any atom is -0.350 e. The van der Waals surface area contributed by atoms with Gasteiger partial charge in [0.15, 0.2) is 17.5 Å². The standard InChI is InChI=1S/C12H14F3NO2S/c1-7(3-4-19(2)18)16-12(17)8-5-9(13)11(15)10(14)6-8/h5-7H,3-4H2,1-2H3,(H,16,17). The Morgan fingerprint density at radius 3 is 2.32 bits per heavy atom. The maximum absolute atomic E-state index is 13.0. The molecule has 0 bridgehead atoms. The molecule has 0 saturated heterocycles. The van der Waals surface area contributed by atoms with Crippen molar-refractivity contribution in [2.75, 3.05) is 12.0 Å². The summed E-state index contributed by atoms with van der Waals surface area (Å²) in [5.41, 5.74) is -0.291. The Morgan fingerprint density at radius 2 is 1.84 bits per heavy atom. The summed E-state index contributed by atoms with van der Waals surface area (Å²) in [4.78, 5) is 11.7. The van der Waals surface area contributed by atoms with Crippen LogP contribution in [0.15, 0.2) is 12.1 Å². The van der Waals surface area contributed by atoms with Crippen LogP contribution in [-0.4, -0.2) is 28.2 Å². The quantitative estimate of drug-likeness (QED) is 0.844. The molecule has 0 heterocycles. The molecular formula is C12H14F3NO2S. The number of amides is 1. The molecule has 19 heavy (non-hydrogen) atoms. The van der Waals surface area contributed by atoms with E-state index in [4.69, 9.17) is 0 Å². The molecule has 0 aliphatic heterocycles. The first kappa shape index (κ1) is 15.7. The van der Waals surface area contributed by atoms with Gasteiger partial charge in [0, 0.05) is 34.4 Å². The third-order valence-electron chi connectivity index (χ3n) is 2.46. The molecule has 1 amide bonds. The van der Waals surface area contributed by atoms with Crippen molar-refractivity contribution in [1.29, 1.82) is 0 Å². The lowest BCUT2D eigenvalue weighted by Crippen LogP contribution is -2.33. The van der Waals surface area contributed by atoms with Crippen LogP contribution in [0.4, 0.5) is 13.2 Å². The molecule has 0 saturated carbocycles. The number of rotatable bonds is 5. The molecular weight excluding hydrogens is 279 g/mol. The summed E-state index contributed by atoms with van der Waals surface area (Å²) in [7, 11) is -0.977. The summed E-state index contributed by atoms with van der Waals surface area (Å²) in [5.74, 6) is -4.72. The number of halogens is 3. The molecule has 0 aliphatic carbocycles. The molecule has 7 heteroatoms. The van der Waals surface area contributed by atoms with Gasteiger partial charge in [-0.3, -0.25) is 9.00 Å². The monoisotopic (exact) mass is 293 g/mol. The lowest BCUT2D eigenvalue weighted by molar-refractivity contribution is 0.0938. The van der Waals surface area contributed by atoms with Crippen LogP contribution in [0.1, 0.15) is 23.7 Å². The predicted octanol–water partition coefficient (Wildman–Crippen LogP) is 1.99. The lowest BCUT2D eigenvalue weighted by Gasteiger charge is -2.13. The van der Waals surface area contributed by atoms with Crippen LogP contribution in [0, 0.1) is 17.5 Å². The van der Waals surface area contributed by atoms with Crippen LogP contribution in [0.25, 0.3) is 0 Å². The zero-order valence-electron chi connectivity index (χ0n) is 10.5. The van der Waals surface area contributed by atoms with Crippen LogP contribution in [0.2, 0.25) is 0 Å². The number of carbonyl (C=O) groups excluding carboxylic acids is 1. The highest BCUT2D eigenvalue weighted by molar-refractivity contribution is 7.84. The smallest absolute Gasteiger partial charge is 0.251 e. The van der Waals surface area contributed by atoms with Gasteiger partial charge in [0.25, 0.3) is 5.91 Å². The van der Waals surface area contributed by atoms with Crippen molar-refractivity contribution >= 4 is 16.7 Å². The van der Waals surface area contributed by atoms with Gasteiger partial charge in [-0.05, 0) is 25.5 Å². The fraction of sp³-hybridized carbons (Fsp3) is 0.417. The third kappa shape index (κ3) is 4.66. The number of hydrogen-bond acceptors (Lipinski definition) is 2. The predicted molar refractivity (Wildman–Crippen MR) is 66.8 cm³/mol. The van der Waals surface area contributed by atoms with Crippen LogP contribution < -0.4 is 5.32 Å². The summed E-state index contributed by atoms with van der Waals surface area (Å²) in [6, 6.07) is 0.976. The van der Waals surface area contributed by atoms with Crippen molar-refractivity contribution in [1.82, 2.24) is 5.32 Å². The number of carbonyl (C=O) groups is 1. The molecule has 0 aromatic heterocycles. The summed E-state index contributed by atoms with van der Waals surface area (Å²) in [6.45, 7) is 1.68. The fourth-order valence-electron chi connectivity index (χ4n) is 1.41. The van der Waals surface area contributed by atoms with Gasteiger partial charge in [0.05, 0.1) is 0 Å². The van der Waals surface area contributed by atoms with Crippen molar-refractivity contribution < 1.29 is 22.2 Å². The van der Waals surface area contributed by atoms with E-state index in [2.05, 4.69) is 5.32 Å². The Morgan fingerprint density at radius 1 is 1.32 bits per heavy atom. The molecule has 1 rings (SSSR count). The largest absolute Gasteiger partial charge is 0.350 e. The highest BCUT2D eigenvalue weighted by atomic mass is 32.2. The zero-order valence-corrected chi connectivity index (χ0v) is 11.3. The van der Waals surface area contributed by atoms with Crippen molar-refractivity contribution in [3.05, 3.63) is 35.1 Å². The van der Waals surface area contributed by atoms with Gasteiger partial charge in [0.1, 0.15) is 0 Å². The molecule has 1 aromatic rings. The van der Waals surface area contributed by atoms with E-state index in [1.807, 2.05) is 0 Å². The second kappa shape index (κ2) is 6.70. The fourth-order valence-corrected chi connectivity index (χ4v) is 2.09. The molecule has 0 fully saturated rings. The van der Waals surface area contributed by atoms with E-state index < -0.39 is 34.2 Å². The van der Waals surface area contributed by atoms with Crippen molar-refractivity contribution in [3.63, 3.8) is 0 Å². The van der Waals surface area contributed by atoms with Gasteiger partial charge in [-0.15, -0.1) is 0 Å². The van der Waals surface area contributed by atoms with Crippen molar-refractivity contribution in [2.45, 2.75) is 19.4 Å². The lowest BCUT2D eigenvalue weighted by atomic mass is 10.1. The first-order valence-electron chi connectivity index (χ1n) is 5.56. The van der Waals surface area contributed by atoms with Gasteiger partial charge in [-0.25, -0.2) is 13.2 Å². The average molecular weight is 293 g/mol. The van der Waals surface area contributed by atoms with E-state index in [1.54, 1.807) is 13.2 Å². The summed E-state index contributed by atoms with van der Waals surface area (Å²) in [6.07, 6.45) is 2.01. The van der Waals surface area contributed by atoms with Crippen LogP contribution >= 0.6 is 0 Å². The molecule has 2 unspecified atom stereocenters. The van der Waals surface area contributed by atoms with Gasteiger partial charge in [0.2, 0.25) is 0 Å². The highest BCUT2D eigenvalue weighted by Crippen LogP contribution is 2.13. The molecule has 0 spiro atoms. The van der Waals surface area contributed by atoms with Crippen LogP contribution in [0.3, 0.4) is 0 Å². The summed E-state index contributed by atoms with van der Waals surface area (Å²) < 4.78 is 49.5. The molecule has 0 radical (unpaired) electrons. The Balaban J connectivity index is 2.70. The molecule has 2 atom stereocenters. The maximum atomic E-state index is 13.0. The average Bonchev–Trinajstić information content (AvgIpc) is 2.32.